The van der Waals surface area contributed by atoms with Gasteiger partial charge in [0.2, 0.25) is 0 Å². The summed E-state index contributed by atoms with van der Waals surface area (Å²) in [4.78, 5) is 21.2. The number of nitriles is 1. The van der Waals surface area contributed by atoms with E-state index in [9.17, 15) is 4.79 Å². The molecule has 2 heterocycles. The average molecular weight is 444 g/mol. The lowest BCUT2D eigenvalue weighted by atomic mass is 9.58. The van der Waals surface area contributed by atoms with Crippen molar-refractivity contribution in [2.24, 2.45) is 0 Å². The summed E-state index contributed by atoms with van der Waals surface area (Å²) in [6, 6.07) is 9.99. The van der Waals surface area contributed by atoms with Crippen molar-refractivity contribution in [2.75, 3.05) is 6.54 Å². The maximum absolute atomic E-state index is 13.2. The fourth-order valence-corrected chi connectivity index (χ4v) is 5.73. The quantitative estimate of drug-likeness (QED) is 0.599. The molecule has 0 saturated heterocycles. The van der Waals surface area contributed by atoms with Crippen LogP contribution >= 0.6 is 22.9 Å². The van der Waals surface area contributed by atoms with Crippen LogP contribution in [0.3, 0.4) is 0 Å². The lowest BCUT2D eigenvalue weighted by Gasteiger charge is -2.53. The highest BCUT2D eigenvalue weighted by Gasteiger charge is 2.53. The molecule has 1 atom stereocenters. The zero-order chi connectivity index (χ0) is 21.5. The van der Waals surface area contributed by atoms with Gasteiger partial charge in [-0.05, 0) is 51.3 Å². The molecule has 2 aromatic rings. The standard InChI is InChI=1S/C23H26ClN3O2S/c1-22(2,3)29-21(28)27-14-10-17-19(26-18(30-17)9-13-25)20(27)23(11-4-12-23)15-5-7-16(24)8-6-15/h5-8,20H,4,9-12,14H2,1-3H3. The Balaban J connectivity index is 1.81. The molecule has 2 aliphatic rings. The van der Waals surface area contributed by atoms with Crippen molar-refractivity contribution in [3.63, 3.8) is 0 Å². The zero-order valence-electron chi connectivity index (χ0n) is 17.6. The second kappa shape index (κ2) is 7.86. The van der Waals surface area contributed by atoms with Gasteiger partial charge in [0, 0.05) is 28.3 Å². The smallest absolute Gasteiger partial charge is 0.410 e. The summed E-state index contributed by atoms with van der Waals surface area (Å²) in [5, 5.41) is 10.7. The normalized spacial score (nSPS) is 20.1. The van der Waals surface area contributed by atoms with Crippen molar-refractivity contribution in [2.45, 2.75) is 69.9 Å². The highest BCUT2D eigenvalue weighted by Crippen LogP contribution is 2.56. The summed E-state index contributed by atoms with van der Waals surface area (Å²) >= 11 is 7.76. The fraction of sp³-hybridized carbons (Fsp3) is 0.522. The number of thiazole rings is 1. The third-order valence-electron chi connectivity index (χ3n) is 5.97. The van der Waals surface area contributed by atoms with Crippen molar-refractivity contribution < 1.29 is 9.53 Å². The zero-order valence-corrected chi connectivity index (χ0v) is 19.1. The first-order valence-electron chi connectivity index (χ1n) is 10.3. The van der Waals surface area contributed by atoms with E-state index in [1.165, 1.54) is 10.4 Å². The van der Waals surface area contributed by atoms with Gasteiger partial charge in [-0.2, -0.15) is 5.26 Å². The van der Waals surface area contributed by atoms with E-state index in [1.807, 2.05) is 37.8 Å². The van der Waals surface area contributed by atoms with E-state index < -0.39 is 5.60 Å². The van der Waals surface area contributed by atoms with E-state index in [4.69, 9.17) is 26.6 Å². The van der Waals surface area contributed by atoms with Gasteiger partial charge in [0.1, 0.15) is 10.6 Å². The monoisotopic (exact) mass is 443 g/mol. The van der Waals surface area contributed by atoms with Gasteiger partial charge < -0.3 is 4.74 Å². The van der Waals surface area contributed by atoms with Crippen LogP contribution in [-0.2, 0) is 23.0 Å². The molecule has 1 aliphatic carbocycles. The third kappa shape index (κ3) is 3.81. The molecule has 1 fully saturated rings. The number of nitrogens with zero attached hydrogens (tertiary/aromatic N) is 3. The topological polar surface area (TPSA) is 66.2 Å². The van der Waals surface area contributed by atoms with Crippen LogP contribution < -0.4 is 0 Å². The molecule has 30 heavy (non-hydrogen) atoms. The van der Waals surface area contributed by atoms with Crippen molar-refractivity contribution in [1.29, 1.82) is 5.26 Å². The molecule has 0 bridgehead atoms. The molecule has 1 aromatic heterocycles. The number of benzene rings is 1. The van der Waals surface area contributed by atoms with Gasteiger partial charge in [-0.1, -0.05) is 30.2 Å². The number of hydrogen-bond acceptors (Lipinski definition) is 5. The number of halogens is 1. The maximum Gasteiger partial charge on any atom is 0.410 e. The number of fused-ring (bicyclic) bond motifs is 1. The fourth-order valence-electron chi connectivity index (χ4n) is 4.59. The van der Waals surface area contributed by atoms with Crippen molar-refractivity contribution >= 4 is 29.0 Å². The Bertz CT molecular complexity index is 983. The van der Waals surface area contributed by atoms with E-state index in [2.05, 4.69) is 18.2 Å². The van der Waals surface area contributed by atoms with Gasteiger partial charge >= 0.3 is 6.09 Å². The Kier molecular flexibility index (Phi) is 5.54. The molecule has 1 amide bonds. The van der Waals surface area contributed by atoms with Crippen molar-refractivity contribution in [1.82, 2.24) is 9.88 Å². The van der Waals surface area contributed by atoms with Gasteiger partial charge in [-0.25, -0.2) is 9.78 Å². The van der Waals surface area contributed by atoms with Crippen LogP contribution in [0.2, 0.25) is 5.02 Å². The Morgan fingerprint density at radius 2 is 2.07 bits per heavy atom. The predicted molar refractivity (Wildman–Crippen MR) is 118 cm³/mol. The van der Waals surface area contributed by atoms with Crippen molar-refractivity contribution in [3.8, 4) is 6.07 Å². The van der Waals surface area contributed by atoms with E-state index in [0.29, 0.717) is 18.0 Å². The molecule has 4 rings (SSSR count). The first-order valence-corrected chi connectivity index (χ1v) is 11.5. The second-order valence-electron chi connectivity index (χ2n) is 9.09. The van der Waals surface area contributed by atoms with Gasteiger partial charge in [0.05, 0.1) is 24.2 Å². The first-order chi connectivity index (χ1) is 14.2. The van der Waals surface area contributed by atoms with Gasteiger partial charge in [0.15, 0.2) is 0 Å². The Hall–Kier alpha value is -2.10. The molecule has 0 radical (unpaired) electrons. The molecule has 158 valence electrons. The summed E-state index contributed by atoms with van der Waals surface area (Å²) in [5.41, 5.74) is 1.34. The minimum Gasteiger partial charge on any atom is -0.444 e. The molecule has 7 heteroatoms. The highest BCUT2D eigenvalue weighted by molar-refractivity contribution is 7.11. The number of ether oxygens (including phenoxy) is 1. The molecule has 1 aromatic carbocycles. The molecule has 5 nitrogen and oxygen atoms in total. The Morgan fingerprint density at radius 3 is 2.63 bits per heavy atom. The molecule has 1 saturated carbocycles. The summed E-state index contributed by atoms with van der Waals surface area (Å²) in [6.07, 6.45) is 3.79. The molecule has 1 unspecified atom stereocenters. The minimum absolute atomic E-state index is 0.199. The van der Waals surface area contributed by atoms with Crippen LogP contribution in [0.1, 0.15) is 67.2 Å². The van der Waals surface area contributed by atoms with Gasteiger partial charge in [0.25, 0.3) is 0 Å². The van der Waals surface area contributed by atoms with Crippen LogP contribution in [0.5, 0.6) is 0 Å². The second-order valence-corrected chi connectivity index (χ2v) is 10.7. The van der Waals surface area contributed by atoms with E-state index in [1.54, 1.807) is 11.3 Å². The molecular weight excluding hydrogens is 418 g/mol. The largest absolute Gasteiger partial charge is 0.444 e. The number of carbonyl (C=O) groups excluding carboxylic acids is 1. The minimum atomic E-state index is -0.566. The SMILES string of the molecule is CC(C)(C)OC(=O)N1CCc2sc(CC#N)nc2C1C1(c2ccc(Cl)cc2)CCC1. The van der Waals surface area contributed by atoms with Crippen LogP contribution in [0.25, 0.3) is 0 Å². The van der Waals surface area contributed by atoms with Crippen LogP contribution in [-0.4, -0.2) is 28.1 Å². The lowest BCUT2D eigenvalue weighted by molar-refractivity contribution is -0.00885. The summed E-state index contributed by atoms with van der Waals surface area (Å²) in [7, 11) is 0. The van der Waals surface area contributed by atoms with E-state index >= 15 is 0 Å². The average Bonchev–Trinajstić information content (AvgIpc) is 3.04. The number of aromatic nitrogens is 1. The summed E-state index contributed by atoms with van der Waals surface area (Å²) in [5.74, 6) is 0. The van der Waals surface area contributed by atoms with Gasteiger partial charge in [-0.15, -0.1) is 11.3 Å². The third-order valence-corrected chi connectivity index (χ3v) is 7.35. The molecule has 1 aliphatic heterocycles. The summed E-state index contributed by atoms with van der Waals surface area (Å²) < 4.78 is 5.78. The van der Waals surface area contributed by atoms with Crippen LogP contribution in [0.15, 0.2) is 24.3 Å². The summed E-state index contributed by atoms with van der Waals surface area (Å²) in [6.45, 7) is 6.26. The van der Waals surface area contributed by atoms with E-state index in [0.717, 1.165) is 36.4 Å². The number of carbonyl (C=O) groups is 1. The molecular formula is C23H26ClN3O2S. The Labute approximate surface area is 186 Å². The molecule has 0 spiro atoms. The lowest BCUT2D eigenvalue weighted by Crippen LogP contribution is -2.53. The maximum atomic E-state index is 13.2. The highest BCUT2D eigenvalue weighted by atomic mass is 35.5. The molecule has 0 N–H and O–H groups in total. The number of amides is 1. The Morgan fingerprint density at radius 1 is 1.37 bits per heavy atom. The first kappa shape index (κ1) is 21.1. The number of rotatable bonds is 3. The predicted octanol–water partition coefficient (Wildman–Crippen LogP) is 5.82. The number of hydrogen-bond donors (Lipinski definition) is 0. The van der Waals surface area contributed by atoms with Crippen LogP contribution in [0.4, 0.5) is 4.79 Å². The van der Waals surface area contributed by atoms with Gasteiger partial charge in [-0.3, -0.25) is 4.90 Å². The van der Waals surface area contributed by atoms with E-state index in [-0.39, 0.29) is 17.6 Å². The van der Waals surface area contributed by atoms with Crippen molar-refractivity contribution in [3.05, 3.63) is 50.4 Å². The van der Waals surface area contributed by atoms with Crippen LogP contribution in [0, 0.1) is 11.3 Å².